The van der Waals surface area contributed by atoms with Crippen LogP contribution in [0.5, 0.6) is 5.88 Å². The van der Waals surface area contributed by atoms with Crippen LogP contribution in [-0.4, -0.2) is 10.8 Å². The third-order valence-electron chi connectivity index (χ3n) is 3.20. The lowest BCUT2D eigenvalue weighted by molar-refractivity contribution is 0.294. The highest BCUT2D eigenvalue weighted by molar-refractivity contribution is 6.00. The highest BCUT2D eigenvalue weighted by Gasteiger charge is 2.11. The fourth-order valence-electron chi connectivity index (χ4n) is 2.13. The van der Waals surface area contributed by atoms with E-state index >= 15 is 0 Å². The zero-order valence-corrected chi connectivity index (χ0v) is 11.4. The van der Waals surface area contributed by atoms with Gasteiger partial charge in [0, 0.05) is 5.39 Å². The summed E-state index contributed by atoms with van der Waals surface area (Å²) in [6, 6.07) is 19.4. The summed E-state index contributed by atoms with van der Waals surface area (Å²) in [5, 5.41) is 8.63. The minimum atomic E-state index is -0.0451. The molecular formula is C17H15N3O. The van der Waals surface area contributed by atoms with Crippen LogP contribution in [0.2, 0.25) is 0 Å². The quantitative estimate of drug-likeness (QED) is 0.568. The number of fused-ring (bicyclic) bond motifs is 1. The number of pyridine rings is 1. The first-order valence-electron chi connectivity index (χ1n) is 6.65. The van der Waals surface area contributed by atoms with Crippen molar-refractivity contribution in [2.45, 2.75) is 6.61 Å². The average molecular weight is 277 g/mol. The molecule has 0 saturated heterocycles. The van der Waals surface area contributed by atoms with Crippen LogP contribution in [0.15, 0.2) is 60.7 Å². The number of para-hydroxylation sites is 1. The first-order valence-corrected chi connectivity index (χ1v) is 6.65. The van der Waals surface area contributed by atoms with Gasteiger partial charge in [0.2, 0.25) is 5.88 Å². The van der Waals surface area contributed by atoms with Gasteiger partial charge in [-0.15, -0.1) is 0 Å². The standard InChI is InChI=1S/C17H15N3O/c18-16(19)14-10-13-8-4-5-9-15(13)20-17(14)21-11-12-6-2-1-3-7-12/h1-10H,11H2,(H3,18,19). The number of rotatable bonds is 4. The lowest BCUT2D eigenvalue weighted by Gasteiger charge is -2.11. The summed E-state index contributed by atoms with van der Waals surface area (Å²) in [6.07, 6.45) is 0. The van der Waals surface area contributed by atoms with Crippen molar-refractivity contribution in [3.8, 4) is 5.88 Å². The van der Waals surface area contributed by atoms with Gasteiger partial charge < -0.3 is 10.5 Å². The zero-order valence-electron chi connectivity index (χ0n) is 11.4. The van der Waals surface area contributed by atoms with Gasteiger partial charge in [0.05, 0.1) is 11.1 Å². The molecule has 4 heteroatoms. The van der Waals surface area contributed by atoms with Crippen LogP contribution >= 0.6 is 0 Å². The topological polar surface area (TPSA) is 72.0 Å². The number of aromatic nitrogens is 1. The van der Waals surface area contributed by atoms with Crippen molar-refractivity contribution in [2.24, 2.45) is 5.73 Å². The van der Waals surface area contributed by atoms with Crippen molar-refractivity contribution in [3.05, 3.63) is 71.8 Å². The SMILES string of the molecule is N=C(N)c1cc2ccccc2nc1OCc1ccccc1. The predicted octanol–water partition coefficient (Wildman–Crippen LogP) is 3.10. The first-order chi connectivity index (χ1) is 10.2. The third-order valence-corrected chi connectivity index (χ3v) is 3.20. The van der Waals surface area contributed by atoms with Crippen molar-refractivity contribution >= 4 is 16.7 Å². The molecule has 3 aromatic rings. The summed E-state index contributed by atoms with van der Waals surface area (Å²) in [7, 11) is 0. The van der Waals surface area contributed by atoms with Gasteiger partial charge in [-0.05, 0) is 17.7 Å². The molecule has 104 valence electrons. The number of nitrogens with two attached hydrogens (primary N) is 1. The normalized spacial score (nSPS) is 10.5. The highest BCUT2D eigenvalue weighted by atomic mass is 16.5. The summed E-state index contributed by atoms with van der Waals surface area (Å²) < 4.78 is 5.76. The second-order valence-electron chi connectivity index (χ2n) is 4.72. The fourth-order valence-corrected chi connectivity index (χ4v) is 2.13. The molecule has 0 bridgehead atoms. The number of ether oxygens (including phenoxy) is 1. The van der Waals surface area contributed by atoms with Crippen LogP contribution in [0.4, 0.5) is 0 Å². The van der Waals surface area contributed by atoms with Gasteiger partial charge in [-0.2, -0.15) is 0 Å². The molecule has 0 aliphatic carbocycles. The lowest BCUT2D eigenvalue weighted by atomic mass is 10.1. The Bertz CT molecular complexity index is 784. The van der Waals surface area contributed by atoms with E-state index in [1.165, 1.54) is 0 Å². The minimum absolute atomic E-state index is 0.0451. The molecule has 1 aromatic heterocycles. The van der Waals surface area contributed by atoms with Crippen LogP contribution in [0, 0.1) is 5.41 Å². The smallest absolute Gasteiger partial charge is 0.225 e. The molecule has 1 heterocycles. The third kappa shape index (κ3) is 2.84. The number of hydrogen-bond acceptors (Lipinski definition) is 3. The number of nitrogens with zero attached hydrogens (tertiary/aromatic N) is 1. The van der Waals surface area contributed by atoms with E-state index < -0.39 is 0 Å². The summed E-state index contributed by atoms with van der Waals surface area (Å²) in [5.41, 5.74) is 8.02. The first kappa shape index (κ1) is 13.1. The molecule has 0 fully saturated rings. The molecule has 21 heavy (non-hydrogen) atoms. The molecule has 0 radical (unpaired) electrons. The molecule has 0 spiro atoms. The van der Waals surface area contributed by atoms with E-state index in [1.807, 2.05) is 60.7 Å². The van der Waals surface area contributed by atoms with Crippen molar-refractivity contribution in [3.63, 3.8) is 0 Å². The van der Waals surface area contributed by atoms with Gasteiger partial charge in [0.15, 0.2) is 0 Å². The number of amidine groups is 1. The zero-order chi connectivity index (χ0) is 14.7. The van der Waals surface area contributed by atoms with E-state index in [0.717, 1.165) is 16.5 Å². The Morgan fingerprint density at radius 1 is 1.05 bits per heavy atom. The van der Waals surface area contributed by atoms with E-state index in [9.17, 15) is 0 Å². The van der Waals surface area contributed by atoms with Gasteiger partial charge in [0.25, 0.3) is 0 Å². The van der Waals surface area contributed by atoms with Gasteiger partial charge >= 0.3 is 0 Å². The van der Waals surface area contributed by atoms with Crippen molar-refractivity contribution in [1.82, 2.24) is 4.98 Å². The summed E-state index contributed by atoms with van der Waals surface area (Å²) in [6.45, 7) is 0.395. The molecule has 0 saturated carbocycles. The van der Waals surface area contributed by atoms with Crippen LogP contribution in [0.3, 0.4) is 0 Å². The molecule has 0 amide bonds. The van der Waals surface area contributed by atoms with Crippen LogP contribution in [-0.2, 0) is 6.61 Å². The molecular weight excluding hydrogens is 262 g/mol. The Balaban J connectivity index is 1.96. The maximum atomic E-state index is 7.69. The number of nitrogens with one attached hydrogen (secondary N) is 1. The maximum Gasteiger partial charge on any atom is 0.225 e. The average Bonchev–Trinajstić information content (AvgIpc) is 2.53. The second-order valence-corrected chi connectivity index (χ2v) is 4.72. The van der Waals surface area contributed by atoms with E-state index in [1.54, 1.807) is 0 Å². The molecule has 2 aromatic carbocycles. The second kappa shape index (κ2) is 5.63. The van der Waals surface area contributed by atoms with Crippen LogP contribution < -0.4 is 10.5 Å². The molecule has 4 nitrogen and oxygen atoms in total. The van der Waals surface area contributed by atoms with E-state index in [-0.39, 0.29) is 5.84 Å². The minimum Gasteiger partial charge on any atom is -0.472 e. The van der Waals surface area contributed by atoms with Crippen molar-refractivity contribution < 1.29 is 4.74 Å². The largest absolute Gasteiger partial charge is 0.472 e. The maximum absolute atomic E-state index is 7.69. The summed E-state index contributed by atoms with van der Waals surface area (Å²) >= 11 is 0. The van der Waals surface area contributed by atoms with Crippen molar-refractivity contribution in [1.29, 1.82) is 5.41 Å². The molecule has 3 rings (SSSR count). The van der Waals surface area contributed by atoms with Crippen LogP contribution in [0.25, 0.3) is 10.9 Å². The van der Waals surface area contributed by atoms with Gasteiger partial charge in [0.1, 0.15) is 12.4 Å². The number of benzene rings is 2. The van der Waals surface area contributed by atoms with E-state index in [2.05, 4.69) is 4.98 Å². The van der Waals surface area contributed by atoms with Crippen molar-refractivity contribution in [2.75, 3.05) is 0 Å². The Hall–Kier alpha value is -2.88. The molecule has 0 aliphatic rings. The monoisotopic (exact) mass is 277 g/mol. The Morgan fingerprint density at radius 3 is 2.52 bits per heavy atom. The van der Waals surface area contributed by atoms with Gasteiger partial charge in [-0.3, -0.25) is 5.41 Å². The number of hydrogen-bond donors (Lipinski definition) is 2. The van der Waals surface area contributed by atoms with Gasteiger partial charge in [-0.25, -0.2) is 4.98 Å². The Kier molecular flexibility index (Phi) is 3.51. The summed E-state index contributed by atoms with van der Waals surface area (Å²) in [5.74, 6) is 0.348. The lowest BCUT2D eigenvalue weighted by Crippen LogP contribution is -2.14. The van der Waals surface area contributed by atoms with Gasteiger partial charge in [-0.1, -0.05) is 48.5 Å². The molecule has 0 unspecified atom stereocenters. The fraction of sp³-hybridized carbons (Fsp3) is 0.0588. The Morgan fingerprint density at radius 2 is 1.76 bits per heavy atom. The highest BCUT2D eigenvalue weighted by Crippen LogP contribution is 2.22. The predicted molar refractivity (Wildman–Crippen MR) is 83.5 cm³/mol. The van der Waals surface area contributed by atoms with Crippen LogP contribution in [0.1, 0.15) is 11.1 Å². The number of nitrogen functional groups attached to an aromatic ring is 1. The molecule has 3 N–H and O–H groups in total. The summed E-state index contributed by atoms with van der Waals surface area (Å²) in [4.78, 5) is 4.47. The van der Waals surface area contributed by atoms with E-state index in [4.69, 9.17) is 15.9 Å². The van der Waals surface area contributed by atoms with E-state index in [0.29, 0.717) is 18.1 Å². The molecule has 0 aliphatic heterocycles. The Labute approximate surface area is 122 Å². The molecule has 0 atom stereocenters.